The molecule has 0 saturated heterocycles. The highest BCUT2D eigenvalue weighted by Crippen LogP contribution is 2.24. The average molecular weight is 331 g/mol. The number of nitrogens with zero attached hydrogens (tertiary/aromatic N) is 2. The molecule has 3 rings (SSSR count). The van der Waals surface area contributed by atoms with Gasteiger partial charge in [-0.05, 0) is 50.8 Å². The fourth-order valence-electron chi connectivity index (χ4n) is 3.20. The molecule has 1 aliphatic carbocycles. The minimum atomic E-state index is 0.133. The Kier molecular flexibility index (Phi) is 5.28. The summed E-state index contributed by atoms with van der Waals surface area (Å²) in [6.45, 7) is 3.44. The molecule has 1 saturated carbocycles. The highest BCUT2D eigenvalue weighted by Gasteiger charge is 2.20. The second kappa shape index (κ2) is 7.41. The zero-order chi connectivity index (χ0) is 16.2. The van der Waals surface area contributed by atoms with Gasteiger partial charge in [0.15, 0.2) is 0 Å². The fourth-order valence-corrected chi connectivity index (χ4v) is 4.24. The summed E-state index contributed by atoms with van der Waals surface area (Å²) in [6.07, 6.45) is 4.70. The van der Waals surface area contributed by atoms with Crippen LogP contribution in [0.5, 0.6) is 0 Å². The predicted octanol–water partition coefficient (Wildman–Crippen LogP) is 3.42. The first kappa shape index (κ1) is 16.4. The number of thiazole rings is 1. The first-order valence-corrected chi connectivity index (χ1v) is 9.24. The van der Waals surface area contributed by atoms with E-state index in [1.54, 1.807) is 11.3 Å². The van der Waals surface area contributed by atoms with Crippen molar-refractivity contribution in [2.45, 2.75) is 45.2 Å². The lowest BCUT2D eigenvalue weighted by Gasteiger charge is -2.27. The van der Waals surface area contributed by atoms with Crippen molar-refractivity contribution >= 4 is 27.5 Å². The molecular weight excluding hydrogens is 306 g/mol. The van der Waals surface area contributed by atoms with E-state index < -0.39 is 0 Å². The van der Waals surface area contributed by atoms with Crippen LogP contribution in [0.15, 0.2) is 24.3 Å². The van der Waals surface area contributed by atoms with E-state index >= 15 is 0 Å². The molecule has 0 aliphatic heterocycles. The van der Waals surface area contributed by atoms with Gasteiger partial charge in [-0.15, -0.1) is 11.3 Å². The first-order valence-electron chi connectivity index (χ1n) is 8.42. The molecule has 1 aromatic heterocycles. The quantitative estimate of drug-likeness (QED) is 0.913. The van der Waals surface area contributed by atoms with Gasteiger partial charge in [-0.3, -0.25) is 9.69 Å². The molecule has 23 heavy (non-hydrogen) atoms. The highest BCUT2D eigenvalue weighted by atomic mass is 32.1. The van der Waals surface area contributed by atoms with Gasteiger partial charge in [-0.25, -0.2) is 4.98 Å². The van der Waals surface area contributed by atoms with Gasteiger partial charge >= 0.3 is 0 Å². The number of hydrogen-bond donors (Lipinski definition) is 1. The number of hydrogen-bond acceptors (Lipinski definition) is 4. The molecule has 5 heteroatoms. The van der Waals surface area contributed by atoms with Crippen LogP contribution in [-0.2, 0) is 11.3 Å². The second-order valence-electron chi connectivity index (χ2n) is 6.77. The Bertz CT molecular complexity index is 628. The minimum absolute atomic E-state index is 0.133. The van der Waals surface area contributed by atoms with Gasteiger partial charge in [0.25, 0.3) is 0 Å². The molecule has 1 fully saturated rings. The number of carbonyl (C=O) groups excluding carboxylic acids is 1. The second-order valence-corrected chi connectivity index (χ2v) is 7.89. The molecule has 1 N–H and O–H groups in total. The lowest BCUT2D eigenvalue weighted by molar-refractivity contribution is -0.123. The van der Waals surface area contributed by atoms with Crippen LogP contribution in [0, 0.1) is 5.92 Å². The summed E-state index contributed by atoms with van der Waals surface area (Å²) in [7, 11) is 1.98. The maximum absolute atomic E-state index is 12.2. The third-order valence-electron chi connectivity index (χ3n) is 4.54. The van der Waals surface area contributed by atoms with Gasteiger partial charge in [0, 0.05) is 6.04 Å². The van der Waals surface area contributed by atoms with Gasteiger partial charge in [0.1, 0.15) is 5.01 Å². The Morgan fingerprint density at radius 2 is 2.04 bits per heavy atom. The number of likely N-dealkylation sites (N-methyl/N-ethyl adjacent to an activating group) is 1. The van der Waals surface area contributed by atoms with E-state index in [1.165, 1.54) is 17.5 Å². The molecule has 0 radical (unpaired) electrons. The molecular formula is C18H25N3OS. The monoisotopic (exact) mass is 331 g/mol. The van der Waals surface area contributed by atoms with Crippen molar-refractivity contribution in [1.82, 2.24) is 15.2 Å². The number of aromatic nitrogens is 1. The van der Waals surface area contributed by atoms with Crippen LogP contribution in [-0.4, -0.2) is 35.4 Å². The summed E-state index contributed by atoms with van der Waals surface area (Å²) in [6, 6.07) is 8.54. The largest absolute Gasteiger partial charge is 0.352 e. The van der Waals surface area contributed by atoms with Crippen LogP contribution in [0.1, 0.15) is 37.6 Å². The summed E-state index contributed by atoms with van der Waals surface area (Å²) in [4.78, 5) is 18.9. The molecule has 1 heterocycles. The van der Waals surface area contributed by atoms with Crippen LogP contribution in [0.2, 0.25) is 0 Å². The molecule has 0 spiro atoms. The number of fused-ring (bicyclic) bond motifs is 1. The van der Waals surface area contributed by atoms with E-state index in [0.717, 1.165) is 29.3 Å². The van der Waals surface area contributed by atoms with Crippen molar-refractivity contribution in [3.8, 4) is 0 Å². The zero-order valence-electron chi connectivity index (χ0n) is 13.9. The summed E-state index contributed by atoms with van der Waals surface area (Å²) in [5.41, 5.74) is 1.04. The van der Waals surface area contributed by atoms with E-state index in [2.05, 4.69) is 23.3 Å². The Morgan fingerprint density at radius 3 is 2.78 bits per heavy atom. The average Bonchev–Trinajstić information content (AvgIpc) is 2.91. The fraction of sp³-hybridized carbons (Fsp3) is 0.556. The topological polar surface area (TPSA) is 45.2 Å². The van der Waals surface area contributed by atoms with E-state index in [4.69, 9.17) is 0 Å². The smallest absolute Gasteiger partial charge is 0.234 e. The number of para-hydroxylation sites is 1. The van der Waals surface area contributed by atoms with Crippen LogP contribution >= 0.6 is 11.3 Å². The Balaban J connectivity index is 1.48. The van der Waals surface area contributed by atoms with Crippen molar-refractivity contribution < 1.29 is 4.79 Å². The van der Waals surface area contributed by atoms with E-state index in [1.807, 2.05) is 30.1 Å². The SMILES string of the molecule is CC1CCC(NC(=O)CN(C)Cc2nc3ccccc3s2)CC1. The Labute approximate surface area is 141 Å². The normalized spacial score (nSPS) is 21.7. The van der Waals surface area contributed by atoms with Crippen molar-refractivity contribution in [3.63, 3.8) is 0 Å². The van der Waals surface area contributed by atoms with Gasteiger partial charge in [-0.1, -0.05) is 19.1 Å². The number of rotatable bonds is 5. The van der Waals surface area contributed by atoms with Gasteiger partial charge in [-0.2, -0.15) is 0 Å². The zero-order valence-corrected chi connectivity index (χ0v) is 14.7. The van der Waals surface area contributed by atoms with E-state index in [-0.39, 0.29) is 5.91 Å². The lowest BCUT2D eigenvalue weighted by atomic mass is 9.87. The minimum Gasteiger partial charge on any atom is -0.352 e. The number of nitrogens with one attached hydrogen (secondary N) is 1. The van der Waals surface area contributed by atoms with Crippen LogP contribution in [0.25, 0.3) is 10.2 Å². The van der Waals surface area contributed by atoms with Crippen molar-refractivity contribution in [1.29, 1.82) is 0 Å². The van der Waals surface area contributed by atoms with E-state index in [0.29, 0.717) is 19.1 Å². The van der Waals surface area contributed by atoms with Crippen LogP contribution in [0.3, 0.4) is 0 Å². The molecule has 1 aliphatic rings. The third kappa shape index (κ3) is 4.52. The van der Waals surface area contributed by atoms with Crippen LogP contribution < -0.4 is 5.32 Å². The van der Waals surface area contributed by atoms with Crippen molar-refractivity contribution in [2.24, 2.45) is 5.92 Å². The molecule has 0 atom stereocenters. The number of amides is 1. The lowest BCUT2D eigenvalue weighted by Crippen LogP contribution is -2.42. The molecule has 1 aromatic carbocycles. The molecule has 1 amide bonds. The maximum Gasteiger partial charge on any atom is 0.234 e. The molecule has 2 aromatic rings. The van der Waals surface area contributed by atoms with Crippen LogP contribution in [0.4, 0.5) is 0 Å². The molecule has 4 nitrogen and oxygen atoms in total. The summed E-state index contributed by atoms with van der Waals surface area (Å²) < 4.78 is 1.21. The summed E-state index contributed by atoms with van der Waals surface area (Å²) in [5, 5.41) is 4.25. The molecule has 0 bridgehead atoms. The highest BCUT2D eigenvalue weighted by molar-refractivity contribution is 7.18. The number of carbonyl (C=O) groups is 1. The first-order chi connectivity index (χ1) is 11.1. The van der Waals surface area contributed by atoms with Crippen molar-refractivity contribution in [2.75, 3.05) is 13.6 Å². The third-order valence-corrected chi connectivity index (χ3v) is 5.56. The maximum atomic E-state index is 12.2. The van der Waals surface area contributed by atoms with Gasteiger partial charge in [0.05, 0.1) is 23.3 Å². The Morgan fingerprint density at radius 1 is 1.30 bits per heavy atom. The Hall–Kier alpha value is -1.46. The standard InChI is InChI=1S/C18H25N3OS/c1-13-7-9-14(10-8-13)19-17(22)11-21(2)12-18-20-15-5-3-4-6-16(15)23-18/h3-6,13-14H,7-12H2,1-2H3,(H,19,22). The van der Waals surface area contributed by atoms with Gasteiger partial charge < -0.3 is 5.32 Å². The molecule has 0 unspecified atom stereocenters. The molecule has 124 valence electrons. The predicted molar refractivity (Wildman–Crippen MR) is 95.5 cm³/mol. The summed E-state index contributed by atoms with van der Waals surface area (Å²) >= 11 is 1.70. The van der Waals surface area contributed by atoms with Crippen molar-refractivity contribution in [3.05, 3.63) is 29.3 Å². The van der Waals surface area contributed by atoms with E-state index in [9.17, 15) is 4.79 Å². The summed E-state index contributed by atoms with van der Waals surface area (Å²) in [5.74, 6) is 0.943. The number of benzene rings is 1. The van der Waals surface area contributed by atoms with Gasteiger partial charge in [0.2, 0.25) is 5.91 Å².